The summed E-state index contributed by atoms with van der Waals surface area (Å²) in [5, 5.41) is 2.99. The highest BCUT2D eigenvalue weighted by atomic mass is 19.1. The maximum atomic E-state index is 13.1. The van der Waals surface area contributed by atoms with E-state index in [0.717, 1.165) is 18.9 Å². The standard InChI is InChI=1S/C12H18F2N2/c1-3-8(4-2)7-16-11-6-9(13)5-10(14)12(11)15/h5-6,8,16H,3-4,7,15H2,1-2H3. The van der Waals surface area contributed by atoms with Crippen LogP contribution in [0.15, 0.2) is 12.1 Å². The van der Waals surface area contributed by atoms with Crippen molar-refractivity contribution in [1.82, 2.24) is 0 Å². The molecule has 0 heterocycles. The molecule has 16 heavy (non-hydrogen) atoms. The minimum atomic E-state index is -0.716. The van der Waals surface area contributed by atoms with E-state index < -0.39 is 11.6 Å². The summed E-state index contributed by atoms with van der Waals surface area (Å²) in [5.74, 6) is -0.837. The van der Waals surface area contributed by atoms with Crippen LogP contribution < -0.4 is 11.1 Å². The van der Waals surface area contributed by atoms with Crippen molar-refractivity contribution in [2.75, 3.05) is 17.6 Å². The van der Waals surface area contributed by atoms with E-state index in [2.05, 4.69) is 19.2 Å². The molecule has 0 bridgehead atoms. The van der Waals surface area contributed by atoms with Crippen LogP contribution in [-0.2, 0) is 0 Å². The Morgan fingerprint density at radius 1 is 1.25 bits per heavy atom. The van der Waals surface area contributed by atoms with Crippen LogP contribution in [0.25, 0.3) is 0 Å². The molecule has 0 amide bonds. The molecule has 1 aromatic carbocycles. The Morgan fingerprint density at radius 2 is 1.88 bits per heavy atom. The molecule has 1 aromatic rings. The minimum Gasteiger partial charge on any atom is -0.395 e. The lowest BCUT2D eigenvalue weighted by Gasteiger charge is -2.15. The molecule has 90 valence electrons. The summed E-state index contributed by atoms with van der Waals surface area (Å²) in [7, 11) is 0. The van der Waals surface area contributed by atoms with Gasteiger partial charge in [0.05, 0.1) is 11.4 Å². The third-order valence-electron chi connectivity index (χ3n) is 2.83. The largest absolute Gasteiger partial charge is 0.395 e. The number of halogens is 2. The van der Waals surface area contributed by atoms with E-state index in [1.54, 1.807) is 0 Å². The Hall–Kier alpha value is -1.32. The number of benzene rings is 1. The SMILES string of the molecule is CCC(CC)CNc1cc(F)cc(F)c1N. The lowest BCUT2D eigenvalue weighted by molar-refractivity contribution is 0.518. The highest BCUT2D eigenvalue weighted by Crippen LogP contribution is 2.24. The molecular formula is C12H18F2N2. The summed E-state index contributed by atoms with van der Waals surface area (Å²) in [4.78, 5) is 0. The van der Waals surface area contributed by atoms with Crippen molar-refractivity contribution < 1.29 is 8.78 Å². The molecule has 0 aromatic heterocycles. The van der Waals surface area contributed by atoms with Gasteiger partial charge in [-0.3, -0.25) is 0 Å². The molecule has 0 radical (unpaired) electrons. The predicted molar refractivity (Wildman–Crippen MR) is 63.3 cm³/mol. The van der Waals surface area contributed by atoms with Crippen molar-refractivity contribution in [1.29, 1.82) is 0 Å². The first-order valence-electron chi connectivity index (χ1n) is 5.56. The summed E-state index contributed by atoms with van der Waals surface area (Å²) in [6, 6.07) is 2.01. The summed E-state index contributed by atoms with van der Waals surface area (Å²) in [6.45, 7) is 4.86. The van der Waals surface area contributed by atoms with Crippen molar-refractivity contribution in [3.63, 3.8) is 0 Å². The zero-order valence-electron chi connectivity index (χ0n) is 9.69. The molecule has 0 saturated carbocycles. The Bertz CT molecular complexity index is 349. The molecule has 0 aliphatic heterocycles. The van der Waals surface area contributed by atoms with Crippen LogP contribution in [0, 0.1) is 17.6 Å². The van der Waals surface area contributed by atoms with Gasteiger partial charge in [-0.05, 0) is 12.0 Å². The van der Waals surface area contributed by atoms with E-state index in [4.69, 9.17) is 5.73 Å². The highest BCUT2D eigenvalue weighted by molar-refractivity contribution is 5.66. The zero-order valence-corrected chi connectivity index (χ0v) is 9.69. The second-order valence-corrected chi connectivity index (χ2v) is 3.91. The molecule has 0 aliphatic carbocycles. The van der Waals surface area contributed by atoms with Crippen molar-refractivity contribution in [2.45, 2.75) is 26.7 Å². The first-order chi connectivity index (χ1) is 7.58. The third kappa shape index (κ3) is 3.08. The molecule has 3 N–H and O–H groups in total. The van der Waals surface area contributed by atoms with Crippen LogP contribution in [0.3, 0.4) is 0 Å². The van der Waals surface area contributed by atoms with Crippen molar-refractivity contribution in [3.05, 3.63) is 23.8 Å². The molecule has 0 saturated heterocycles. The zero-order chi connectivity index (χ0) is 12.1. The van der Waals surface area contributed by atoms with Crippen LogP contribution >= 0.6 is 0 Å². The Labute approximate surface area is 94.8 Å². The summed E-state index contributed by atoms with van der Waals surface area (Å²) >= 11 is 0. The minimum absolute atomic E-state index is 0.0210. The highest BCUT2D eigenvalue weighted by Gasteiger charge is 2.09. The normalized spacial score (nSPS) is 10.8. The molecule has 0 fully saturated rings. The van der Waals surface area contributed by atoms with Crippen LogP contribution in [0.1, 0.15) is 26.7 Å². The molecular weight excluding hydrogens is 210 g/mol. The molecule has 4 heteroatoms. The smallest absolute Gasteiger partial charge is 0.151 e. The van der Waals surface area contributed by atoms with Gasteiger partial charge in [-0.25, -0.2) is 8.78 Å². The van der Waals surface area contributed by atoms with Gasteiger partial charge >= 0.3 is 0 Å². The third-order valence-corrected chi connectivity index (χ3v) is 2.83. The van der Waals surface area contributed by atoms with Crippen molar-refractivity contribution in [3.8, 4) is 0 Å². The molecule has 0 spiro atoms. The van der Waals surface area contributed by atoms with Crippen LogP contribution in [-0.4, -0.2) is 6.54 Å². The average Bonchev–Trinajstić information content (AvgIpc) is 2.26. The Morgan fingerprint density at radius 3 is 2.44 bits per heavy atom. The van der Waals surface area contributed by atoms with Gasteiger partial charge in [-0.15, -0.1) is 0 Å². The molecule has 0 atom stereocenters. The summed E-state index contributed by atoms with van der Waals surface area (Å²) in [5.41, 5.74) is 5.83. The van der Waals surface area contributed by atoms with Crippen LogP contribution in [0.2, 0.25) is 0 Å². The quantitative estimate of drug-likeness (QED) is 0.758. The van der Waals surface area contributed by atoms with Gasteiger partial charge in [0.15, 0.2) is 5.82 Å². The average molecular weight is 228 g/mol. The first-order valence-corrected chi connectivity index (χ1v) is 5.56. The van der Waals surface area contributed by atoms with Gasteiger partial charge in [0.25, 0.3) is 0 Å². The topological polar surface area (TPSA) is 38.0 Å². The number of hydrogen-bond donors (Lipinski definition) is 2. The number of nitrogens with one attached hydrogen (secondary N) is 1. The van der Waals surface area contributed by atoms with Gasteiger partial charge in [0.2, 0.25) is 0 Å². The summed E-state index contributed by atoms with van der Waals surface area (Å²) < 4.78 is 26.1. The fourth-order valence-corrected chi connectivity index (χ4v) is 1.56. The van der Waals surface area contributed by atoms with Crippen molar-refractivity contribution >= 4 is 11.4 Å². The molecule has 1 rings (SSSR count). The van der Waals surface area contributed by atoms with Gasteiger partial charge in [-0.1, -0.05) is 26.7 Å². The predicted octanol–water partition coefficient (Wildman–Crippen LogP) is 3.40. The second-order valence-electron chi connectivity index (χ2n) is 3.91. The van der Waals surface area contributed by atoms with Crippen LogP contribution in [0.5, 0.6) is 0 Å². The van der Waals surface area contributed by atoms with Gasteiger partial charge in [0.1, 0.15) is 5.82 Å². The second kappa shape index (κ2) is 5.68. The van der Waals surface area contributed by atoms with E-state index >= 15 is 0 Å². The Balaban J connectivity index is 2.73. The molecule has 0 unspecified atom stereocenters. The van der Waals surface area contributed by atoms with Gasteiger partial charge in [0, 0.05) is 12.6 Å². The molecule has 2 nitrogen and oxygen atoms in total. The van der Waals surface area contributed by atoms with Gasteiger partial charge in [-0.2, -0.15) is 0 Å². The van der Waals surface area contributed by atoms with E-state index in [1.165, 1.54) is 6.07 Å². The fraction of sp³-hybridized carbons (Fsp3) is 0.500. The van der Waals surface area contributed by atoms with E-state index in [9.17, 15) is 8.78 Å². The maximum absolute atomic E-state index is 13.1. The first kappa shape index (κ1) is 12.7. The number of nitrogens with two attached hydrogens (primary N) is 1. The monoisotopic (exact) mass is 228 g/mol. The van der Waals surface area contributed by atoms with Crippen LogP contribution in [0.4, 0.5) is 20.2 Å². The Kier molecular flexibility index (Phi) is 4.52. The number of nitrogen functional groups attached to an aromatic ring is 1. The lowest BCUT2D eigenvalue weighted by atomic mass is 10.0. The maximum Gasteiger partial charge on any atom is 0.151 e. The van der Waals surface area contributed by atoms with E-state index in [0.29, 0.717) is 18.2 Å². The molecule has 0 aliphatic rings. The summed E-state index contributed by atoms with van der Waals surface area (Å²) in [6.07, 6.45) is 2.06. The number of hydrogen-bond acceptors (Lipinski definition) is 2. The fourth-order valence-electron chi connectivity index (χ4n) is 1.56. The number of anilines is 2. The lowest BCUT2D eigenvalue weighted by Crippen LogP contribution is -2.14. The number of rotatable bonds is 5. The van der Waals surface area contributed by atoms with Gasteiger partial charge < -0.3 is 11.1 Å². The van der Waals surface area contributed by atoms with Crippen molar-refractivity contribution in [2.24, 2.45) is 5.92 Å². The van der Waals surface area contributed by atoms with E-state index in [1.807, 2.05) is 0 Å². The van der Waals surface area contributed by atoms with E-state index in [-0.39, 0.29) is 5.69 Å².